The maximum absolute atomic E-state index is 11.7. The van der Waals surface area contributed by atoms with Crippen LogP contribution in [0.2, 0.25) is 0 Å². The first-order valence-corrected chi connectivity index (χ1v) is 6.13. The molecule has 18 heavy (non-hydrogen) atoms. The number of nitrogens with one attached hydrogen (secondary N) is 1. The number of halogens is 1. The van der Waals surface area contributed by atoms with E-state index in [9.17, 15) is 9.90 Å². The fourth-order valence-corrected chi connectivity index (χ4v) is 1.70. The van der Waals surface area contributed by atoms with Gasteiger partial charge in [-0.15, -0.1) is 0 Å². The van der Waals surface area contributed by atoms with Crippen LogP contribution >= 0.6 is 15.9 Å². The average molecular weight is 307 g/mol. The number of hydrogen-bond donors (Lipinski definition) is 2. The second-order valence-corrected chi connectivity index (χ2v) is 4.63. The maximum atomic E-state index is 11.7. The molecule has 0 aliphatic carbocycles. The van der Waals surface area contributed by atoms with Crippen LogP contribution in [-0.4, -0.2) is 16.0 Å². The first-order chi connectivity index (χ1) is 8.65. The first-order valence-electron chi connectivity index (χ1n) is 5.33. The number of benzene rings is 1. The van der Waals surface area contributed by atoms with Crippen molar-refractivity contribution < 1.29 is 9.90 Å². The number of carbonyl (C=O) groups is 1. The van der Waals surface area contributed by atoms with Gasteiger partial charge in [0.25, 0.3) is 0 Å². The van der Waals surface area contributed by atoms with Crippen molar-refractivity contribution in [2.24, 2.45) is 0 Å². The lowest BCUT2D eigenvalue weighted by Gasteiger charge is -2.05. The van der Waals surface area contributed by atoms with Crippen molar-refractivity contribution in [1.82, 2.24) is 4.98 Å². The number of rotatable bonds is 3. The molecule has 92 valence electrons. The van der Waals surface area contributed by atoms with Gasteiger partial charge in [-0.05, 0) is 34.1 Å². The van der Waals surface area contributed by atoms with Crippen LogP contribution in [0.25, 0.3) is 0 Å². The number of anilines is 1. The highest BCUT2D eigenvalue weighted by Crippen LogP contribution is 2.17. The molecular weight excluding hydrogens is 296 g/mol. The molecule has 0 saturated heterocycles. The summed E-state index contributed by atoms with van der Waals surface area (Å²) in [7, 11) is 0. The summed E-state index contributed by atoms with van der Waals surface area (Å²) in [4.78, 5) is 15.8. The van der Waals surface area contributed by atoms with E-state index in [0.717, 1.165) is 4.47 Å². The Hall–Kier alpha value is -1.88. The van der Waals surface area contributed by atoms with Gasteiger partial charge in [0.2, 0.25) is 5.91 Å². The van der Waals surface area contributed by atoms with Crippen LogP contribution in [0.5, 0.6) is 5.75 Å². The molecule has 1 aromatic carbocycles. The smallest absolute Gasteiger partial charge is 0.230 e. The number of para-hydroxylation sites is 1. The number of aromatic nitrogens is 1. The van der Waals surface area contributed by atoms with E-state index in [0.29, 0.717) is 11.4 Å². The molecule has 2 N–H and O–H groups in total. The summed E-state index contributed by atoms with van der Waals surface area (Å²) in [6.07, 6.45) is 1.72. The number of phenolic OH excluding ortho intramolecular Hbond substituents is 1. The summed E-state index contributed by atoms with van der Waals surface area (Å²) in [6, 6.07) is 10.3. The second kappa shape index (κ2) is 5.64. The monoisotopic (exact) mass is 306 g/mol. The minimum atomic E-state index is -0.216. The third-order valence-corrected chi connectivity index (χ3v) is 2.81. The van der Waals surface area contributed by atoms with Gasteiger partial charge in [0.1, 0.15) is 11.6 Å². The first kappa shape index (κ1) is 12.6. The molecule has 0 aliphatic heterocycles. The molecule has 1 amide bonds. The SMILES string of the molecule is O=C(Cc1ccccc1O)Nc1ccc(Br)cn1. The van der Waals surface area contributed by atoms with Crippen molar-refractivity contribution >= 4 is 27.7 Å². The lowest BCUT2D eigenvalue weighted by Crippen LogP contribution is -2.15. The molecule has 0 unspecified atom stereocenters. The Labute approximate surface area is 113 Å². The standard InChI is InChI=1S/C13H11BrN2O2/c14-10-5-6-12(15-8-10)16-13(18)7-9-3-1-2-4-11(9)17/h1-6,8,17H,7H2,(H,15,16,18). The highest BCUT2D eigenvalue weighted by Gasteiger charge is 2.07. The van der Waals surface area contributed by atoms with Crippen molar-refractivity contribution in [3.8, 4) is 5.75 Å². The molecule has 1 aromatic heterocycles. The summed E-state index contributed by atoms with van der Waals surface area (Å²) in [5, 5.41) is 12.2. The second-order valence-electron chi connectivity index (χ2n) is 3.72. The normalized spacial score (nSPS) is 10.1. The summed E-state index contributed by atoms with van der Waals surface area (Å²) < 4.78 is 0.848. The largest absolute Gasteiger partial charge is 0.508 e. The van der Waals surface area contributed by atoms with Gasteiger partial charge in [-0.3, -0.25) is 4.79 Å². The van der Waals surface area contributed by atoms with Gasteiger partial charge in [-0.2, -0.15) is 0 Å². The Morgan fingerprint density at radius 2 is 2.06 bits per heavy atom. The molecule has 5 heteroatoms. The summed E-state index contributed by atoms with van der Waals surface area (Å²) >= 11 is 3.27. The van der Waals surface area contributed by atoms with Gasteiger partial charge >= 0.3 is 0 Å². The van der Waals surface area contributed by atoms with E-state index in [1.807, 2.05) is 0 Å². The summed E-state index contributed by atoms with van der Waals surface area (Å²) in [6.45, 7) is 0. The van der Waals surface area contributed by atoms with Gasteiger partial charge in [-0.25, -0.2) is 4.98 Å². The Bertz CT molecular complexity index is 555. The van der Waals surface area contributed by atoms with Crippen molar-refractivity contribution in [2.75, 3.05) is 5.32 Å². The molecule has 2 rings (SSSR count). The van der Waals surface area contributed by atoms with Crippen molar-refractivity contribution in [2.45, 2.75) is 6.42 Å². The van der Waals surface area contributed by atoms with Crippen LogP contribution in [-0.2, 0) is 11.2 Å². The van der Waals surface area contributed by atoms with Crippen LogP contribution < -0.4 is 5.32 Å². The lowest BCUT2D eigenvalue weighted by atomic mass is 10.1. The predicted octanol–water partition coefficient (Wildman–Crippen LogP) is 2.73. The Kier molecular flexibility index (Phi) is 3.94. The molecule has 0 aliphatic rings. The van der Waals surface area contributed by atoms with Gasteiger partial charge < -0.3 is 10.4 Å². The van der Waals surface area contributed by atoms with E-state index < -0.39 is 0 Å². The fourth-order valence-electron chi connectivity index (χ4n) is 1.47. The van der Waals surface area contributed by atoms with E-state index in [2.05, 4.69) is 26.2 Å². The van der Waals surface area contributed by atoms with Crippen LogP contribution in [0.1, 0.15) is 5.56 Å². The fraction of sp³-hybridized carbons (Fsp3) is 0.0769. The van der Waals surface area contributed by atoms with E-state index in [-0.39, 0.29) is 18.1 Å². The Balaban J connectivity index is 2.01. The Morgan fingerprint density at radius 3 is 2.72 bits per heavy atom. The molecule has 0 radical (unpaired) electrons. The van der Waals surface area contributed by atoms with E-state index in [1.165, 1.54) is 0 Å². The third kappa shape index (κ3) is 3.30. The van der Waals surface area contributed by atoms with E-state index in [1.54, 1.807) is 42.6 Å². The highest BCUT2D eigenvalue weighted by molar-refractivity contribution is 9.10. The number of aromatic hydroxyl groups is 1. The number of carbonyl (C=O) groups excluding carboxylic acids is 1. The zero-order valence-corrected chi connectivity index (χ0v) is 11.0. The quantitative estimate of drug-likeness (QED) is 0.916. The maximum Gasteiger partial charge on any atom is 0.230 e. The van der Waals surface area contributed by atoms with Gasteiger partial charge in [-0.1, -0.05) is 18.2 Å². The van der Waals surface area contributed by atoms with Crippen molar-refractivity contribution in [3.63, 3.8) is 0 Å². The molecule has 0 bridgehead atoms. The molecule has 2 aromatic rings. The molecular formula is C13H11BrN2O2. The molecule has 4 nitrogen and oxygen atoms in total. The molecule has 0 saturated carbocycles. The topological polar surface area (TPSA) is 62.2 Å². The summed E-state index contributed by atoms with van der Waals surface area (Å²) in [5.41, 5.74) is 0.590. The third-order valence-electron chi connectivity index (χ3n) is 2.34. The minimum Gasteiger partial charge on any atom is -0.508 e. The lowest BCUT2D eigenvalue weighted by molar-refractivity contribution is -0.115. The molecule has 0 spiro atoms. The van der Waals surface area contributed by atoms with E-state index >= 15 is 0 Å². The highest BCUT2D eigenvalue weighted by atomic mass is 79.9. The minimum absolute atomic E-state index is 0.115. The number of phenols is 1. The zero-order valence-electron chi connectivity index (χ0n) is 9.43. The van der Waals surface area contributed by atoms with Crippen molar-refractivity contribution in [1.29, 1.82) is 0 Å². The molecule has 0 fully saturated rings. The van der Waals surface area contributed by atoms with Gasteiger partial charge in [0.15, 0.2) is 0 Å². The average Bonchev–Trinajstić information content (AvgIpc) is 2.35. The van der Waals surface area contributed by atoms with Crippen LogP contribution in [0.4, 0.5) is 5.82 Å². The zero-order chi connectivity index (χ0) is 13.0. The van der Waals surface area contributed by atoms with Crippen molar-refractivity contribution in [3.05, 3.63) is 52.6 Å². The summed E-state index contributed by atoms with van der Waals surface area (Å²) in [5.74, 6) is 0.390. The number of nitrogens with zero attached hydrogens (tertiary/aromatic N) is 1. The van der Waals surface area contributed by atoms with E-state index in [4.69, 9.17) is 0 Å². The Morgan fingerprint density at radius 1 is 1.28 bits per heavy atom. The molecule has 0 atom stereocenters. The van der Waals surface area contributed by atoms with Gasteiger partial charge in [0.05, 0.1) is 6.42 Å². The number of pyridine rings is 1. The molecule has 1 heterocycles. The predicted molar refractivity (Wildman–Crippen MR) is 72.4 cm³/mol. The van der Waals surface area contributed by atoms with Gasteiger partial charge in [0, 0.05) is 16.2 Å². The van der Waals surface area contributed by atoms with Crippen LogP contribution in [0, 0.1) is 0 Å². The van der Waals surface area contributed by atoms with Crippen LogP contribution in [0.3, 0.4) is 0 Å². The van der Waals surface area contributed by atoms with Crippen LogP contribution in [0.15, 0.2) is 47.1 Å². The number of hydrogen-bond acceptors (Lipinski definition) is 3. The number of amides is 1.